The smallest absolute Gasteiger partial charge is 0.429 e. The van der Waals surface area contributed by atoms with E-state index in [1.165, 1.54) is 24.4 Å². The zero-order valence-electron chi connectivity index (χ0n) is 18.0. The predicted molar refractivity (Wildman–Crippen MR) is 113 cm³/mol. The van der Waals surface area contributed by atoms with E-state index < -0.39 is 46.6 Å². The van der Waals surface area contributed by atoms with Gasteiger partial charge >= 0.3 is 12.3 Å². The van der Waals surface area contributed by atoms with Crippen LogP contribution < -0.4 is 4.74 Å². The zero-order valence-corrected chi connectivity index (χ0v) is 18.0. The number of hydrogen-bond acceptors (Lipinski definition) is 3. The van der Waals surface area contributed by atoms with Crippen LogP contribution in [0, 0.1) is 36.2 Å². The molecule has 0 atom stereocenters. The average Bonchev–Trinajstić information content (AvgIpc) is 2.78. The molecule has 11 heteroatoms. The molecule has 0 radical (unpaired) electrons. The van der Waals surface area contributed by atoms with Gasteiger partial charge in [-0.3, -0.25) is 0 Å². The highest BCUT2D eigenvalue weighted by atomic mass is 19.4. The Morgan fingerprint density at radius 1 is 0.833 bits per heavy atom. The van der Waals surface area contributed by atoms with E-state index in [0.29, 0.717) is 6.07 Å². The fraction of sp³-hybridized carbons (Fsp3) is 0.120. The molecule has 0 N–H and O–H groups in total. The van der Waals surface area contributed by atoms with Crippen molar-refractivity contribution in [2.75, 3.05) is 0 Å². The highest BCUT2D eigenvalue weighted by Crippen LogP contribution is 2.36. The van der Waals surface area contributed by atoms with Crippen molar-refractivity contribution in [1.29, 1.82) is 0 Å². The third-order valence-corrected chi connectivity index (χ3v) is 4.90. The van der Waals surface area contributed by atoms with Crippen LogP contribution in [0.15, 0.2) is 54.9 Å². The van der Waals surface area contributed by atoms with Crippen molar-refractivity contribution in [3.8, 4) is 29.0 Å². The van der Waals surface area contributed by atoms with E-state index in [-0.39, 0.29) is 22.2 Å². The molecule has 36 heavy (non-hydrogen) atoms. The first-order chi connectivity index (χ1) is 16.8. The van der Waals surface area contributed by atoms with E-state index in [9.17, 15) is 35.1 Å². The van der Waals surface area contributed by atoms with Crippen molar-refractivity contribution in [2.45, 2.75) is 19.2 Å². The number of alkyl halides is 5. The van der Waals surface area contributed by atoms with Crippen LogP contribution in [0.3, 0.4) is 0 Å². The van der Waals surface area contributed by atoms with Gasteiger partial charge in [-0.25, -0.2) is 23.1 Å². The third-order valence-electron chi connectivity index (χ3n) is 4.90. The molecule has 0 spiro atoms. The summed E-state index contributed by atoms with van der Waals surface area (Å²) in [4.78, 5) is 8.00. The summed E-state index contributed by atoms with van der Waals surface area (Å²) in [6.07, 6.45) is -6.22. The highest BCUT2D eigenvalue weighted by Gasteiger charge is 2.38. The van der Waals surface area contributed by atoms with Crippen LogP contribution >= 0.6 is 0 Å². The zero-order chi connectivity index (χ0) is 26.3. The lowest BCUT2D eigenvalue weighted by molar-refractivity contribution is -0.187. The molecule has 0 amide bonds. The van der Waals surface area contributed by atoms with Gasteiger partial charge in [0.25, 0.3) is 0 Å². The first-order valence-electron chi connectivity index (χ1n) is 10.0. The summed E-state index contributed by atoms with van der Waals surface area (Å²) in [6.45, 7) is 1.74. The number of benzene rings is 3. The number of nitrogens with zero attached hydrogens (tertiary/aromatic N) is 2. The first kappa shape index (κ1) is 24.9. The van der Waals surface area contributed by atoms with Crippen LogP contribution in [0.2, 0.25) is 0 Å². The van der Waals surface area contributed by atoms with Crippen molar-refractivity contribution < 1.29 is 39.9 Å². The van der Waals surface area contributed by atoms with Crippen LogP contribution in [0.25, 0.3) is 22.2 Å². The van der Waals surface area contributed by atoms with Gasteiger partial charge in [0.05, 0.1) is 11.1 Å². The van der Waals surface area contributed by atoms with Crippen molar-refractivity contribution in [3.05, 3.63) is 89.0 Å². The van der Waals surface area contributed by atoms with Gasteiger partial charge in [0.1, 0.15) is 23.2 Å². The lowest BCUT2D eigenvalue weighted by Crippen LogP contribution is -2.23. The molecule has 4 rings (SSSR count). The van der Waals surface area contributed by atoms with Gasteiger partial charge in [-0.1, -0.05) is 12.0 Å². The number of aryl methyl sites for hydroxylation is 1. The summed E-state index contributed by atoms with van der Waals surface area (Å²) in [5, 5.41) is -0.671. The minimum Gasteiger partial charge on any atom is -0.429 e. The standard InChI is InChI=1S/C25H12F8N2O/c1-13-11-34-23(35-12-13)14-2-5-19(21(27)9-14)25(32,33)36-16-3-4-17-15(8-16)10-20(26)18(22(17)28)6-7-24(29,30)31/h2-5,8-12H,1H3. The molecular formula is C25H12F8N2O. The van der Waals surface area contributed by atoms with Crippen LogP contribution in [0.5, 0.6) is 5.75 Å². The molecule has 3 aromatic carbocycles. The monoisotopic (exact) mass is 508 g/mol. The largest absolute Gasteiger partial charge is 0.458 e. The normalized spacial score (nSPS) is 11.8. The SMILES string of the molecule is Cc1cnc(-c2ccc(C(F)(F)Oc3ccc4c(F)c(C#CC(F)(F)F)c(F)cc4c3)c(F)c2)nc1. The number of fused-ring (bicyclic) bond motifs is 1. The molecular weight excluding hydrogens is 496 g/mol. The van der Waals surface area contributed by atoms with Gasteiger partial charge in [-0.05, 0) is 54.3 Å². The fourth-order valence-electron chi connectivity index (χ4n) is 3.25. The summed E-state index contributed by atoms with van der Waals surface area (Å²) in [7, 11) is 0. The lowest BCUT2D eigenvalue weighted by atomic mass is 10.0. The number of hydrogen-bond donors (Lipinski definition) is 0. The van der Waals surface area contributed by atoms with Gasteiger partial charge in [0.15, 0.2) is 5.82 Å². The Morgan fingerprint density at radius 2 is 1.53 bits per heavy atom. The van der Waals surface area contributed by atoms with Crippen molar-refractivity contribution in [2.24, 2.45) is 0 Å². The molecule has 3 nitrogen and oxygen atoms in total. The summed E-state index contributed by atoms with van der Waals surface area (Å²) < 4.78 is 114. The Labute approximate surface area is 198 Å². The maximum absolute atomic E-state index is 14.8. The molecule has 1 heterocycles. The number of ether oxygens (including phenoxy) is 1. The third kappa shape index (κ3) is 5.22. The average molecular weight is 508 g/mol. The predicted octanol–water partition coefficient (Wildman–Crippen LogP) is 7.06. The van der Waals surface area contributed by atoms with Crippen molar-refractivity contribution >= 4 is 10.8 Å². The van der Waals surface area contributed by atoms with E-state index >= 15 is 0 Å². The van der Waals surface area contributed by atoms with Gasteiger partial charge in [-0.15, -0.1) is 0 Å². The minimum absolute atomic E-state index is 0.119. The maximum Gasteiger partial charge on any atom is 0.458 e. The molecule has 4 aromatic rings. The van der Waals surface area contributed by atoms with E-state index in [2.05, 4.69) is 14.7 Å². The Morgan fingerprint density at radius 3 is 2.17 bits per heavy atom. The van der Waals surface area contributed by atoms with Crippen molar-refractivity contribution in [3.63, 3.8) is 0 Å². The molecule has 0 aliphatic carbocycles. The first-order valence-corrected chi connectivity index (χ1v) is 10.0. The second kappa shape index (κ2) is 9.11. The second-order valence-electron chi connectivity index (χ2n) is 7.58. The summed E-state index contributed by atoms with van der Waals surface area (Å²) in [5.41, 5.74) is -1.35. The molecule has 0 bridgehead atoms. The van der Waals surface area contributed by atoms with Crippen LogP contribution in [-0.4, -0.2) is 16.1 Å². The number of halogens is 8. The summed E-state index contributed by atoms with van der Waals surface area (Å²) in [6, 6.07) is 6.03. The van der Waals surface area contributed by atoms with E-state index in [1.54, 1.807) is 6.92 Å². The molecule has 0 fully saturated rings. The Kier molecular flexibility index (Phi) is 6.30. The molecule has 0 aliphatic rings. The summed E-state index contributed by atoms with van der Waals surface area (Å²) in [5.74, 6) is -2.45. The van der Waals surface area contributed by atoms with E-state index in [0.717, 1.165) is 41.8 Å². The molecule has 1 aromatic heterocycles. The van der Waals surface area contributed by atoms with Crippen LogP contribution in [0.4, 0.5) is 35.1 Å². The van der Waals surface area contributed by atoms with E-state index in [4.69, 9.17) is 0 Å². The van der Waals surface area contributed by atoms with Gasteiger partial charge < -0.3 is 4.74 Å². The van der Waals surface area contributed by atoms with Gasteiger partial charge in [0, 0.05) is 29.3 Å². The number of rotatable bonds is 4. The summed E-state index contributed by atoms with van der Waals surface area (Å²) >= 11 is 0. The van der Waals surface area contributed by atoms with Gasteiger partial charge in [0.2, 0.25) is 0 Å². The van der Waals surface area contributed by atoms with Gasteiger partial charge in [-0.2, -0.15) is 22.0 Å². The Hall–Kier alpha value is -4.20. The molecule has 0 aliphatic heterocycles. The molecule has 0 saturated heterocycles. The topological polar surface area (TPSA) is 35.0 Å². The highest BCUT2D eigenvalue weighted by molar-refractivity contribution is 5.86. The fourth-order valence-corrected chi connectivity index (χ4v) is 3.25. The van der Waals surface area contributed by atoms with Crippen LogP contribution in [0.1, 0.15) is 16.7 Å². The lowest BCUT2D eigenvalue weighted by Gasteiger charge is -2.19. The van der Waals surface area contributed by atoms with Crippen molar-refractivity contribution in [1.82, 2.24) is 9.97 Å². The number of aromatic nitrogens is 2. The Bertz CT molecular complexity index is 1520. The molecule has 0 saturated carbocycles. The quantitative estimate of drug-likeness (QED) is 0.219. The molecule has 0 unspecified atom stereocenters. The minimum atomic E-state index is -4.97. The second-order valence-corrected chi connectivity index (χ2v) is 7.58. The molecule has 184 valence electrons. The van der Waals surface area contributed by atoms with Crippen LogP contribution in [-0.2, 0) is 6.11 Å². The Balaban J connectivity index is 1.64. The van der Waals surface area contributed by atoms with E-state index in [1.807, 2.05) is 0 Å². The maximum atomic E-state index is 14.8.